The molecule has 0 saturated heterocycles. The molecule has 29 heavy (non-hydrogen) atoms. The van der Waals surface area contributed by atoms with E-state index in [-0.39, 0.29) is 24.2 Å². The predicted octanol–water partition coefficient (Wildman–Crippen LogP) is 4.47. The van der Waals surface area contributed by atoms with E-state index < -0.39 is 18.2 Å². The Morgan fingerprint density at radius 2 is 2.10 bits per heavy atom. The van der Waals surface area contributed by atoms with Crippen molar-refractivity contribution in [2.45, 2.75) is 51.2 Å². The lowest BCUT2D eigenvalue weighted by Gasteiger charge is -2.20. The van der Waals surface area contributed by atoms with E-state index in [0.717, 1.165) is 5.75 Å². The van der Waals surface area contributed by atoms with Crippen molar-refractivity contribution in [2.75, 3.05) is 6.61 Å². The van der Waals surface area contributed by atoms with Gasteiger partial charge in [0.15, 0.2) is 0 Å². The van der Waals surface area contributed by atoms with Gasteiger partial charge in [0.2, 0.25) is 0 Å². The van der Waals surface area contributed by atoms with Crippen LogP contribution in [0.2, 0.25) is 5.02 Å². The summed E-state index contributed by atoms with van der Waals surface area (Å²) < 4.78 is 5.76. The highest BCUT2D eigenvalue weighted by atomic mass is 35.5. The van der Waals surface area contributed by atoms with Crippen molar-refractivity contribution >= 4 is 17.6 Å². The van der Waals surface area contributed by atoms with Gasteiger partial charge in [0.1, 0.15) is 5.75 Å². The molecule has 5 atom stereocenters. The molecule has 1 saturated carbocycles. The van der Waals surface area contributed by atoms with E-state index in [1.165, 1.54) is 0 Å². The number of aliphatic hydroxyl groups excluding tert-OH is 2. The number of allylic oxidation sites excluding steroid dienone is 2. The summed E-state index contributed by atoms with van der Waals surface area (Å²) in [5, 5.41) is 29.9. The summed E-state index contributed by atoms with van der Waals surface area (Å²) in [5.41, 5.74) is 0. The molecule has 3 N–H and O–H groups in total. The number of benzene rings is 1. The van der Waals surface area contributed by atoms with Crippen LogP contribution in [0.15, 0.2) is 48.6 Å². The van der Waals surface area contributed by atoms with Crippen LogP contribution >= 0.6 is 11.6 Å². The molecule has 1 aromatic rings. The standard InChI is InChI=1S/C23H31ClO5/c1-16(15-29-18-8-6-7-17(24)13-18)11-12-20-19(21(25)14-22(20)26)9-4-2-3-5-10-23(27)28/h2,4,6-8,11-13,16,19-22,25-26H,3,5,9-10,14-15H2,1H3,(H,27,28)/b4-2-,12-11+/t16-,19-,20-,21+,22-/m1/s1. The Labute approximate surface area is 177 Å². The van der Waals surface area contributed by atoms with Crippen molar-refractivity contribution in [3.63, 3.8) is 0 Å². The zero-order valence-electron chi connectivity index (χ0n) is 16.8. The Morgan fingerprint density at radius 3 is 2.83 bits per heavy atom. The minimum absolute atomic E-state index is 0.0435. The van der Waals surface area contributed by atoms with Gasteiger partial charge in [-0.1, -0.05) is 48.9 Å². The van der Waals surface area contributed by atoms with Crippen molar-refractivity contribution in [1.82, 2.24) is 0 Å². The summed E-state index contributed by atoms with van der Waals surface area (Å²) >= 11 is 5.96. The minimum atomic E-state index is -0.786. The molecule has 160 valence electrons. The Hall–Kier alpha value is -1.82. The van der Waals surface area contributed by atoms with Gasteiger partial charge in [0.25, 0.3) is 0 Å². The summed E-state index contributed by atoms with van der Waals surface area (Å²) in [4.78, 5) is 10.5. The lowest BCUT2D eigenvalue weighted by molar-refractivity contribution is -0.137. The van der Waals surface area contributed by atoms with Gasteiger partial charge in [-0.05, 0) is 43.4 Å². The Morgan fingerprint density at radius 1 is 1.31 bits per heavy atom. The minimum Gasteiger partial charge on any atom is -0.493 e. The normalized spacial score (nSPS) is 25.7. The lowest BCUT2D eigenvalue weighted by Crippen LogP contribution is -2.20. The van der Waals surface area contributed by atoms with Gasteiger partial charge in [-0.2, -0.15) is 0 Å². The largest absolute Gasteiger partial charge is 0.493 e. The Kier molecular flexibility index (Phi) is 9.71. The molecule has 0 unspecified atom stereocenters. The molecule has 2 rings (SSSR count). The van der Waals surface area contributed by atoms with Gasteiger partial charge in [0.05, 0.1) is 18.8 Å². The van der Waals surface area contributed by atoms with Crippen LogP contribution in [0, 0.1) is 17.8 Å². The first-order chi connectivity index (χ1) is 13.9. The average Bonchev–Trinajstić information content (AvgIpc) is 2.93. The maximum Gasteiger partial charge on any atom is 0.303 e. The Balaban J connectivity index is 1.83. The first kappa shape index (κ1) is 23.5. The summed E-state index contributed by atoms with van der Waals surface area (Å²) in [6.07, 6.45) is 9.38. The van der Waals surface area contributed by atoms with Crippen LogP contribution < -0.4 is 4.74 Å². The summed E-state index contributed by atoms with van der Waals surface area (Å²) in [7, 11) is 0. The number of unbranched alkanes of at least 4 members (excludes halogenated alkanes) is 1. The topological polar surface area (TPSA) is 87.0 Å². The number of aliphatic carboxylic acids is 1. The van der Waals surface area contributed by atoms with E-state index in [1.54, 1.807) is 12.1 Å². The van der Waals surface area contributed by atoms with Crippen LogP contribution in [0.3, 0.4) is 0 Å². The summed E-state index contributed by atoms with van der Waals surface area (Å²) in [5.74, 6) is -0.0715. The zero-order chi connectivity index (χ0) is 21.2. The molecule has 0 aliphatic heterocycles. The number of hydrogen-bond donors (Lipinski definition) is 3. The van der Waals surface area contributed by atoms with Crippen LogP contribution in [0.5, 0.6) is 5.75 Å². The molecule has 1 aliphatic carbocycles. The van der Waals surface area contributed by atoms with Crippen molar-refractivity contribution in [3.05, 3.63) is 53.6 Å². The summed E-state index contributed by atoms with van der Waals surface area (Å²) in [6, 6.07) is 7.27. The second-order valence-corrected chi connectivity index (χ2v) is 8.17. The van der Waals surface area contributed by atoms with Gasteiger partial charge in [-0.3, -0.25) is 4.79 Å². The first-order valence-corrected chi connectivity index (χ1v) is 10.5. The van der Waals surface area contributed by atoms with Gasteiger partial charge < -0.3 is 20.1 Å². The number of carboxylic acid groups (broad SMARTS) is 1. The molecule has 0 heterocycles. The smallest absolute Gasteiger partial charge is 0.303 e. The molecule has 0 radical (unpaired) electrons. The third-order valence-electron chi connectivity index (χ3n) is 5.22. The van der Waals surface area contributed by atoms with Gasteiger partial charge >= 0.3 is 5.97 Å². The van der Waals surface area contributed by atoms with Crippen molar-refractivity contribution in [3.8, 4) is 5.75 Å². The third kappa shape index (κ3) is 8.21. The van der Waals surface area contributed by atoms with Gasteiger partial charge in [-0.15, -0.1) is 0 Å². The SMILES string of the molecule is C[C@H](/C=C/[C@@H]1[C@@H](C/C=C\CCCC(=O)O)[C@@H](O)C[C@H]1O)COc1cccc(Cl)c1. The van der Waals surface area contributed by atoms with Crippen molar-refractivity contribution < 1.29 is 24.9 Å². The third-order valence-corrected chi connectivity index (χ3v) is 5.46. The second kappa shape index (κ2) is 12.0. The monoisotopic (exact) mass is 422 g/mol. The van der Waals surface area contributed by atoms with Crippen LogP contribution in [-0.4, -0.2) is 40.1 Å². The number of carboxylic acids is 1. The fourth-order valence-corrected chi connectivity index (χ4v) is 3.79. The van der Waals surface area contributed by atoms with Gasteiger partial charge in [-0.25, -0.2) is 0 Å². The predicted molar refractivity (Wildman–Crippen MR) is 114 cm³/mol. The molecule has 0 aromatic heterocycles. The second-order valence-electron chi connectivity index (χ2n) is 7.74. The van der Waals surface area contributed by atoms with Crippen LogP contribution in [0.25, 0.3) is 0 Å². The maximum absolute atomic E-state index is 10.5. The molecular weight excluding hydrogens is 392 g/mol. The molecule has 1 fully saturated rings. The van der Waals surface area contributed by atoms with Crippen molar-refractivity contribution in [2.24, 2.45) is 17.8 Å². The average molecular weight is 423 g/mol. The number of rotatable bonds is 11. The van der Waals surface area contributed by atoms with E-state index in [2.05, 4.69) is 0 Å². The molecule has 1 aliphatic rings. The number of aliphatic hydroxyl groups is 2. The molecular formula is C23H31ClO5. The molecule has 0 bridgehead atoms. The molecule has 0 spiro atoms. The number of ether oxygens (including phenoxy) is 1. The summed E-state index contributed by atoms with van der Waals surface area (Å²) in [6.45, 7) is 2.53. The van der Waals surface area contributed by atoms with Crippen LogP contribution in [-0.2, 0) is 4.79 Å². The maximum atomic E-state index is 10.5. The van der Waals surface area contributed by atoms with E-state index in [9.17, 15) is 15.0 Å². The number of halogens is 1. The van der Waals surface area contributed by atoms with E-state index in [1.807, 2.05) is 43.4 Å². The quantitative estimate of drug-likeness (QED) is 0.361. The van der Waals surface area contributed by atoms with E-state index in [0.29, 0.717) is 37.3 Å². The zero-order valence-corrected chi connectivity index (χ0v) is 17.5. The number of hydrogen-bond acceptors (Lipinski definition) is 4. The molecule has 1 aromatic carbocycles. The van der Waals surface area contributed by atoms with E-state index in [4.69, 9.17) is 21.4 Å². The fraction of sp³-hybridized carbons (Fsp3) is 0.522. The fourth-order valence-electron chi connectivity index (χ4n) is 3.61. The highest BCUT2D eigenvalue weighted by Gasteiger charge is 2.39. The van der Waals surface area contributed by atoms with Crippen LogP contribution in [0.1, 0.15) is 39.0 Å². The highest BCUT2D eigenvalue weighted by Crippen LogP contribution is 2.36. The van der Waals surface area contributed by atoms with E-state index >= 15 is 0 Å². The molecule has 0 amide bonds. The number of carbonyl (C=O) groups is 1. The molecule has 5 nitrogen and oxygen atoms in total. The van der Waals surface area contributed by atoms with Gasteiger partial charge in [0, 0.05) is 29.7 Å². The highest BCUT2D eigenvalue weighted by molar-refractivity contribution is 6.30. The first-order valence-electron chi connectivity index (χ1n) is 10.2. The molecule has 6 heteroatoms. The van der Waals surface area contributed by atoms with Crippen molar-refractivity contribution in [1.29, 1.82) is 0 Å². The van der Waals surface area contributed by atoms with Crippen LogP contribution in [0.4, 0.5) is 0 Å². The lowest BCUT2D eigenvalue weighted by atomic mass is 9.89. The Bertz CT molecular complexity index is 702.